The van der Waals surface area contributed by atoms with Gasteiger partial charge in [-0.3, -0.25) is 10.1 Å². The fraction of sp³-hybridized carbons (Fsp3) is 0.176. The van der Waals surface area contributed by atoms with Gasteiger partial charge in [0.15, 0.2) is 6.10 Å². The van der Waals surface area contributed by atoms with E-state index in [2.05, 4.69) is 15.4 Å². The van der Waals surface area contributed by atoms with Gasteiger partial charge in [0.25, 0.3) is 5.91 Å². The second kappa shape index (κ2) is 8.07. The van der Waals surface area contributed by atoms with Crippen molar-refractivity contribution in [2.24, 2.45) is 0 Å². The monoisotopic (exact) mass is 332 g/mol. The number of amides is 2. The smallest absolute Gasteiger partial charge is 0.411 e. The quantitative estimate of drug-likeness (QED) is 0.880. The minimum Gasteiger partial charge on any atom is -0.453 e. The molecule has 2 aromatic rings. The van der Waals surface area contributed by atoms with E-state index in [9.17, 15) is 14.0 Å². The zero-order valence-corrected chi connectivity index (χ0v) is 13.2. The Morgan fingerprint density at radius 3 is 2.38 bits per heavy atom. The van der Waals surface area contributed by atoms with Crippen LogP contribution in [-0.2, 0) is 14.3 Å². The summed E-state index contributed by atoms with van der Waals surface area (Å²) in [5.41, 5.74) is 0.895. The molecule has 0 aliphatic rings. The molecule has 2 amide bonds. The van der Waals surface area contributed by atoms with Crippen LogP contribution in [0.2, 0.25) is 0 Å². The van der Waals surface area contributed by atoms with Gasteiger partial charge in [0, 0.05) is 12.8 Å². The maximum atomic E-state index is 13.7. The van der Waals surface area contributed by atoms with E-state index in [1.165, 1.54) is 26.4 Å². The second-order valence-corrected chi connectivity index (χ2v) is 4.83. The average molecular weight is 332 g/mol. The molecule has 0 saturated heterocycles. The molecule has 0 saturated carbocycles. The highest BCUT2D eigenvalue weighted by Crippen LogP contribution is 2.23. The van der Waals surface area contributed by atoms with Gasteiger partial charge in [0.2, 0.25) is 0 Å². The third kappa shape index (κ3) is 4.30. The molecule has 1 atom stereocenters. The summed E-state index contributed by atoms with van der Waals surface area (Å²) in [4.78, 5) is 23.6. The van der Waals surface area contributed by atoms with Crippen molar-refractivity contribution in [1.29, 1.82) is 0 Å². The van der Waals surface area contributed by atoms with Crippen molar-refractivity contribution in [2.45, 2.75) is 6.10 Å². The number of hydrogen-bond acceptors (Lipinski definition) is 4. The summed E-state index contributed by atoms with van der Waals surface area (Å²) in [5, 5.41) is 4.86. The maximum absolute atomic E-state index is 13.7. The van der Waals surface area contributed by atoms with Crippen LogP contribution >= 0.6 is 0 Å². The molecule has 0 heterocycles. The molecule has 0 bridgehead atoms. The van der Waals surface area contributed by atoms with Gasteiger partial charge >= 0.3 is 6.09 Å². The Morgan fingerprint density at radius 2 is 1.75 bits per heavy atom. The lowest BCUT2D eigenvalue weighted by atomic mass is 10.1. The summed E-state index contributed by atoms with van der Waals surface area (Å²) in [6, 6.07) is 12.8. The summed E-state index contributed by atoms with van der Waals surface area (Å²) in [7, 11) is 2.59. The minimum absolute atomic E-state index is 0.103. The highest BCUT2D eigenvalue weighted by Gasteiger charge is 2.20. The SMILES string of the molecule is COC(=O)Nc1cc(NC(=O)[C@H](OC)c2ccccc2)ccc1F. The van der Waals surface area contributed by atoms with Gasteiger partial charge in [-0.05, 0) is 23.8 Å². The van der Waals surface area contributed by atoms with Crippen LogP contribution in [-0.4, -0.2) is 26.2 Å². The highest BCUT2D eigenvalue weighted by atomic mass is 19.1. The molecule has 24 heavy (non-hydrogen) atoms. The molecule has 0 unspecified atom stereocenters. The summed E-state index contributed by atoms with van der Waals surface area (Å²) in [6.07, 6.45) is -1.62. The van der Waals surface area contributed by atoms with E-state index >= 15 is 0 Å². The number of anilines is 2. The van der Waals surface area contributed by atoms with Crippen LogP contribution in [0, 0.1) is 5.82 Å². The molecule has 2 N–H and O–H groups in total. The standard InChI is InChI=1S/C17H17FN2O4/c1-23-15(11-6-4-3-5-7-11)16(21)19-12-8-9-13(18)14(10-12)20-17(22)24-2/h3-10,15H,1-2H3,(H,19,21)(H,20,22)/t15-/m1/s1. The van der Waals surface area contributed by atoms with Crippen molar-refractivity contribution < 1.29 is 23.5 Å². The molecule has 0 radical (unpaired) electrons. The lowest BCUT2D eigenvalue weighted by Gasteiger charge is -2.16. The van der Waals surface area contributed by atoms with Gasteiger partial charge in [-0.1, -0.05) is 30.3 Å². The Hall–Kier alpha value is -2.93. The number of rotatable bonds is 5. The number of carbonyl (C=O) groups is 2. The summed E-state index contributed by atoms with van der Waals surface area (Å²) < 4.78 is 23.3. The molecule has 0 spiro atoms. The van der Waals surface area contributed by atoms with Crippen LogP contribution in [0.4, 0.5) is 20.6 Å². The van der Waals surface area contributed by atoms with E-state index in [-0.39, 0.29) is 5.69 Å². The number of ether oxygens (including phenoxy) is 2. The number of carbonyl (C=O) groups excluding carboxylic acids is 2. The lowest BCUT2D eigenvalue weighted by Crippen LogP contribution is -2.22. The van der Waals surface area contributed by atoms with Gasteiger partial charge in [-0.25, -0.2) is 9.18 Å². The topological polar surface area (TPSA) is 76.7 Å². The first-order valence-corrected chi connectivity index (χ1v) is 7.08. The van der Waals surface area contributed by atoms with Gasteiger partial charge < -0.3 is 14.8 Å². The molecule has 6 nitrogen and oxygen atoms in total. The van der Waals surface area contributed by atoms with Crippen molar-refractivity contribution in [3.63, 3.8) is 0 Å². The van der Waals surface area contributed by atoms with E-state index in [0.717, 1.165) is 6.07 Å². The van der Waals surface area contributed by atoms with Gasteiger partial charge in [0.05, 0.1) is 12.8 Å². The Labute approximate surface area is 138 Å². The van der Waals surface area contributed by atoms with Crippen LogP contribution in [0.1, 0.15) is 11.7 Å². The molecular weight excluding hydrogens is 315 g/mol. The summed E-state index contributed by atoms with van der Waals surface area (Å²) in [5.74, 6) is -1.07. The fourth-order valence-electron chi connectivity index (χ4n) is 2.09. The summed E-state index contributed by atoms with van der Waals surface area (Å²) in [6.45, 7) is 0. The van der Waals surface area contributed by atoms with E-state index in [1.807, 2.05) is 6.07 Å². The Morgan fingerprint density at radius 1 is 1.04 bits per heavy atom. The van der Waals surface area contributed by atoms with Crippen molar-refractivity contribution >= 4 is 23.4 Å². The molecule has 0 fully saturated rings. The van der Waals surface area contributed by atoms with Crippen molar-refractivity contribution in [3.8, 4) is 0 Å². The zero-order chi connectivity index (χ0) is 17.5. The predicted molar refractivity (Wildman–Crippen MR) is 87.2 cm³/mol. The van der Waals surface area contributed by atoms with Crippen molar-refractivity contribution in [3.05, 3.63) is 59.9 Å². The van der Waals surface area contributed by atoms with Gasteiger partial charge in [-0.15, -0.1) is 0 Å². The Balaban J connectivity index is 2.16. The molecule has 2 rings (SSSR count). The predicted octanol–water partition coefficient (Wildman–Crippen LogP) is 3.33. The van der Waals surface area contributed by atoms with Crippen LogP contribution in [0.25, 0.3) is 0 Å². The molecule has 0 aliphatic heterocycles. The molecular formula is C17H17FN2O4. The first-order valence-electron chi connectivity index (χ1n) is 7.08. The van der Waals surface area contributed by atoms with E-state index in [0.29, 0.717) is 11.3 Å². The molecule has 0 aromatic heterocycles. The number of nitrogens with one attached hydrogen (secondary N) is 2. The summed E-state index contributed by atoms with van der Waals surface area (Å²) >= 11 is 0. The maximum Gasteiger partial charge on any atom is 0.411 e. The van der Waals surface area contributed by atoms with Crippen LogP contribution in [0.15, 0.2) is 48.5 Å². The molecule has 2 aromatic carbocycles. The van der Waals surface area contributed by atoms with Crippen LogP contribution in [0.5, 0.6) is 0 Å². The Kier molecular flexibility index (Phi) is 5.86. The lowest BCUT2D eigenvalue weighted by molar-refractivity contribution is -0.126. The highest BCUT2D eigenvalue weighted by molar-refractivity contribution is 5.96. The number of hydrogen-bond donors (Lipinski definition) is 2. The Bertz CT molecular complexity index is 722. The van der Waals surface area contributed by atoms with Crippen LogP contribution in [0.3, 0.4) is 0 Å². The number of benzene rings is 2. The first kappa shape index (κ1) is 17.4. The van der Waals surface area contributed by atoms with Crippen LogP contribution < -0.4 is 10.6 Å². The number of methoxy groups -OCH3 is 2. The zero-order valence-electron chi connectivity index (χ0n) is 13.2. The van der Waals surface area contributed by atoms with E-state index in [1.54, 1.807) is 24.3 Å². The second-order valence-electron chi connectivity index (χ2n) is 4.83. The van der Waals surface area contributed by atoms with Gasteiger partial charge in [0.1, 0.15) is 5.82 Å². The van der Waals surface area contributed by atoms with Crippen molar-refractivity contribution in [2.75, 3.05) is 24.9 Å². The third-order valence-corrected chi connectivity index (χ3v) is 3.23. The average Bonchev–Trinajstić information content (AvgIpc) is 2.59. The van der Waals surface area contributed by atoms with E-state index < -0.39 is 23.9 Å². The molecule has 0 aliphatic carbocycles. The third-order valence-electron chi connectivity index (χ3n) is 3.23. The molecule has 7 heteroatoms. The fourth-order valence-corrected chi connectivity index (χ4v) is 2.09. The number of halogens is 1. The molecule has 126 valence electrons. The van der Waals surface area contributed by atoms with Gasteiger partial charge in [-0.2, -0.15) is 0 Å². The minimum atomic E-state index is -0.812. The van der Waals surface area contributed by atoms with Crippen molar-refractivity contribution in [1.82, 2.24) is 0 Å². The normalized spacial score (nSPS) is 11.5. The van der Waals surface area contributed by atoms with E-state index in [4.69, 9.17) is 4.74 Å². The largest absolute Gasteiger partial charge is 0.453 e. The first-order chi connectivity index (χ1) is 11.5.